The summed E-state index contributed by atoms with van der Waals surface area (Å²) in [5, 5.41) is 9.74. The van der Waals surface area contributed by atoms with Crippen molar-refractivity contribution < 1.29 is 14.4 Å². The Balaban J connectivity index is 1.76. The van der Waals surface area contributed by atoms with Crippen LogP contribution in [0.5, 0.6) is 0 Å². The summed E-state index contributed by atoms with van der Waals surface area (Å²) in [7, 11) is 0. The van der Waals surface area contributed by atoms with E-state index in [1.165, 1.54) is 6.92 Å². The van der Waals surface area contributed by atoms with Gasteiger partial charge < -0.3 is 15.6 Å². The van der Waals surface area contributed by atoms with Crippen LogP contribution in [0.3, 0.4) is 0 Å². The fraction of sp³-hybridized carbons (Fsp3) is 0.273. The van der Waals surface area contributed by atoms with Gasteiger partial charge in [0.1, 0.15) is 11.7 Å². The average molecular weight is 407 g/mol. The van der Waals surface area contributed by atoms with E-state index in [0.717, 1.165) is 0 Å². The van der Waals surface area contributed by atoms with Gasteiger partial charge in [-0.3, -0.25) is 19.1 Å². The highest BCUT2D eigenvalue weighted by Crippen LogP contribution is 2.23. The Morgan fingerprint density at radius 1 is 1.17 bits per heavy atom. The normalized spacial score (nSPS) is 11.7. The van der Waals surface area contributed by atoms with Crippen molar-refractivity contribution in [2.24, 2.45) is 0 Å². The number of nitrogens with one attached hydrogen (secondary N) is 3. The largest absolute Gasteiger partial charge is 0.354 e. The summed E-state index contributed by atoms with van der Waals surface area (Å²) in [5.74, 6) is -0.631. The molecule has 0 aliphatic carbocycles. The molecule has 0 fully saturated rings. The number of aromatic nitrogens is 3. The third-order valence-electron chi connectivity index (χ3n) is 4.91. The van der Waals surface area contributed by atoms with Gasteiger partial charge in [0.25, 0.3) is 5.91 Å². The second kappa shape index (κ2) is 8.77. The summed E-state index contributed by atoms with van der Waals surface area (Å²) >= 11 is 0. The van der Waals surface area contributed by atoms with Crippen molar-refractivity contribution >= 4 is 29.0 Å². The van der Waals surface area contributed by atoms with E-state index in [4.69, 9.17) is 0 Å². The maximum absolute atomic E-state index is 12.8. The number of Topliss-reactive ketones (excluding diaryl/α,β-unsaturated/α-hetero) is 1. The Labute approximate surface area is 174 Å². The molecule has 8 nitrogen and oxygen atoms in total. The Bertz CT molecular complexity index is 1080. The lowest BCUT2D eigenvalue weighted by Crippen LogP contribution is -2.24. The number of H-pyrrole nitrogens is 1. The SMILES string of the molecule is CCc1c(C(=O)Nc2cccc(NC(=O)C(C)n3cccn3)c2)[nH]c(C)c1C(C)=O. The van der Waals surface area contributed by atoms with Crippen LogP contribution in [0.1, 0.15) is 58.9 Å². The van der Waals surface area contributed by atoms with Crippen molar-refractivity contribution in [3.05, 3.63) is 65.2 Å². The number of amides is 2. The molecule has 1 unspecified atom stereocenters. The number of aromatic amines is 1. The van der Waals surface area contributed by atoms with Crippen molar-refractivity contribution in [1.29, 1.82) is 0 Å². The predicted octanol–water partition coefficient (Wildman–Crippen LogP) is 3.74. The molecule has 0 spiro atoms. The third-order valence-corrected chi connectivity index (χ3v) is 4.91. The standard InChI is InChI=1S/C22H25N5O3/c1-5-18-19(15(4)28)13(2)24-20(18)22(30)26-17-9-6-8-16(12-17)25-21(29)14(3)27-11-7-10-23-27/h6-12,14,24H,5H2,1-4H3,(H,25,29)(H,26,30). The van der Waals surface area contributed by atoms with Crippen LogP contribution in [0.15, 0.2) is 42.7 Å². The third kappa shape index (κ3) is 4.32. The first kappa shape index (κ1) is 21.0. The zero-order chi connectivity index (χ0) is 21.8. The van der Waals surface area contributed by atoms with E-state index in [1.54, 1.807) is 61.3 Å². The number of benzene rings is 1. The van der Waals surface area contributed by atoms with Crippen LogP contribution in [0.4, 0.5) is 11.4 Å². The Morgan fingerprint density at radius 2 is 1.87 bits per heavy atom. The van der Waals surface area contributed by atoms with Crippen molar-refractivity contribution in [3.8, 4) is 0 Å². The number of anilines is 2. The second-order valence-electron chi connectivity index (χ2n) is 7.07. The monoisotopic (exact) mass is 407 g/mol. The Hall–Kier alpha value is -3.68. The van der Waals surface area contributed by atoms with Gasteiger partial charge in [-0.05, 0) is 57.0 Å². The fourth-order valence-corrected chi connectivity index (χ4v) is 3.45. The first-order valence-corrected chi connectivity index (χ1v) is 9.75. The fourth-order valence-electron chi connectivity index (χ4n) is 3.45. The number of rotatable bonds is 7. The molecule has 2 amide bonds. The molecule has 0 radical (unpaired) electrons. The lowest BCUT2D eigenvalue weighted by molar-refractivity contribution is -0.119. The maximum Gasteiger partial charge on any atom is 0.272 e. The quantitative estimate of drug-likeness (QED) is 0.518. The maximum atomic E-state index is 12.8. The molecule has 1 aromatic carbocycles. The molecule has 3 rings (SSSR count). The highest BCUT2D eigenvalue weighted by atomic mass is 16.2. The molecule has 0 saturated heterocycles. The van der Waals surface area contributed by atoms with Crippen LogP contribution in [0, 0.1) is 6.92 Å². The van der Waals surface area contributed by atoms with E-state index in [-0.39, 0.29) is 17.6 Å². The Morgan fingerprint density at radius 3 is 2.47 bits per heavy atom. The van der Waals surface area contributed by atoms with Crippen LogP contribution in [-0.4, -0.2) is 32.4 Å². The highest BCUT2D eigenvalue weighted by molar-refractivity contribution is 6.08. The van der Waals surface area contributed by atoms with Crippen LogP contribution < -0.4 is 10.6 Å². The molecule has 0 aliphatic rings. The van der Waals surface area contributed by atoms with Gasteiger partial charge in [-0.15, -0.1) is 0 Å². The number of nitrogens with zero attached hydrogens (tertiary/aromatic N) is 2. The summed E-state index contributed by atoms with van der Waals surface area (Å²) in [5.41, 5.74) is 3.41. The van der Waals surface area contributed by atoms with E-state index in [1.807, 2.05) is 6.92 Å². The van der Waals surface area contributed by atoms with Gasteiger partial charge in [-0.25, -0.2) is 0 Å². The van der Waals surface area contributed by atoms with Crippen molar-refractivity contribution in [2.45, 2.75) is 40.2 Å². The van der Waals surface area contributed by atoms with E-state index in [2.05, 4.69) is 20.7 Å². The van der Waals surface area contributed by atoms with Crippen molar-refractivity contribution in [3.63, 3.8) is 0 Å². The minimum absolute atomic E-state index is 0.0735. The van der Waals surface area contributed by atoms with Crippen LogP contribution in [-0.2, 0) is 11.2 Å². The second-order valence-corrected chi connectivity index (χ2v) is 7.07. The number of aryl methyl sites for hydroxylation is 1. The lowest BCUT2D eigenvalue weighted by Gasteiger charge is -2.13. The topological polar surface area (TPSA) is 109 Å². The predicted molar refractivity (Wildman–Crippen MR) is 115 cm³/mol. The minimum atomic E-state index is -0.475. The number of carbonyl (C=O) groups is 3. The van der Waals surface area contributed by atoms with Crippen molar-refractivity contribution in [2.75, 3.05) is 10.6 Å². The van der Waals surface area contributed by atoms with E-state index >= 15 is 0 Å². The molecule has 8 heteroatoms. The summed E-state index contributed by atoms with van der Waals surface area (Å²) in [6.45, 7) is 6.93. The molecule has 0 aliphatic heterocycles. The molecule has 0 bridgehead atoms. The average Bonchev–Trinajstić information content (AvgIpc) is 3.35. The van der Waals surface area contributed by atoms with Gasteiger partial charge in [-0.2, -0.15) is 5.10 Å². The summed E-state index contributed by atoms with van der Waals surface area (Å²) < 4.78 is 1.56. The van der Waals surface area contributed by atoms with E-state index in [9.17, 15) is 14.4 Å². The Kier molecular flexibility index (Phi) is 6.15. The first-order valence-electron chi connectivity index (χ1n) is 9.75. The van der Waals surface area contributed by atoms with Gasteiger partial charge in [-0.1, -0.05) is 13.0 Å². The van der Waals surface area contributed by atoms with Gasteiger partial charge in [0, 0.05) is 35.0 Å². The molecule has 3 aromatic rings. The zero-order valence-corrected chi connectivity index (χ0v) is 17.4. The summed E-state index contributed by atoms with van der Waals surface area (Å²) in [6, 6.07) is 8.18. The molecule has 0 saturated carbocycles. The zero-order valence-electron chi connectivity index (χ0n) is 17.4. The number of carbonyl (C=O) groups excluding carboxylic acids is 3. The molecular formula is C22H25N5O3. The van der Waals surface area contributed by atoms with Crippen LogP contribution in [0.2, 0.25) is 0 Å². The van der Waals surface area contributed by atoms with Crippen molar-refractivity contribution in [1.82, 2.24) is 14.8 Å². The summed E-state index contributed by atoms with van der Waals surface area (Å²) in [6.07, 6.45) is 3.90. The van der Waals surface area contributed by atoms with Gasteiger partial charge >= 0.3 is 0 Å². The molecule has 2 aromatic heterocycles. The van der Waals surface area contributed by atoms with Crippen LogP contribution >= 0.6 is 0 Å². The highest BCUT2D eigenvalue weighted by Gasteiger charge is 2.22. The van der Waals surface area contributed by atoms with E-state index in [0.29, 0.717) is 40.3 Å². The molecule has 156 valence electrons. The van der Waals surface area contributed by atoms with Gasteiger partial charge in [0.2, 0.25) is 5.91 Å². The lowest BCUT2D eigenvalue weighted by atomic mass is 10.0. The molecule has 30 heavy (non-hydrogen) atoms. The first-order chi connectivity index (χ1) is 14.3. The molecular weight excluding hydrogens is 382 g/mol. The van der Waals surface area contributed by atoms with Crippen LogP contribution in [0.25, 0.3) is 0 Å². The van der Waals surface area contributed by atoms with Gasteiger partial charge in [0.15, 0.2) is 5.78 Å². The van der Waals surface area contributed by atoms with Gasteiger partial charge in [0.05, 0.1) is 0 Å². The number of ketones is 1. The number of hydrogen-bond donors (Lipinski definition) is 3. The number of hydrogen-bond acceptors (Lipinski definition) is 4. The molecule has 1 atom stereocenters. The molecule has 2 heterocycles. The summed E-state index contributed by atoms with van der Waals surface area (Å²) in [4.78, 5) is 40.2. The van der Waals surface area contributed by atoms with E-state index < -0.39 is 6.04 Å². The smallest absolute Gasteiger partial charge is 0.272 e. The molecule has 3 N–H and O–H groups in total. The minimum Gasteiger partial charge on any atom is -0.354 e.